The highest BCUT2D eigenvalue weighted by Crippen LogP contribution is 2.18. The number of carboxylic acids is 1. The van der Waals surface area contributed by atoms with Crippen LogP contribution in [-0.4, -0.2) is 16.1 Å². The minimum atomic E-state index is -0.807. The van der Waals surface area contributed by atoms with E-state index in [2.05, 4.69) is 4.98 Å². The standard InChI is InChI=1S/C12H10ClNO2/c13-9-2-5-11-8(7-9)1-3-10(14-11)4-6-12(15)16/h1-3,5,7H,4,6H2,(H,15,16). The van der Waals surface area contributed by atoms with E-state index in [0.29, 0.717) is 11.4 Å². The average molecular weight is 236 g/mol. The molecule has 0 aliphatic heterocycles. The molecule has 3 nitrogen and oxygen atoms in total. The zero-order chi connectivity index (χ0) is 11.5. The Labute approximate surface area is 97.7 Å². The lowest BCUT2D eigenvalue weighted by molar-refractivity contribution is -0.136. The first kappa shape index (κ1) is 10.9. The lowest BCUT2D eigenvalue weighted by Crippen LogP contribution is -1.99. The zero-order valence-corrected chi connectivity index (χ0v) is 9.24. The van der Waals surface area contributed by atoms with Crippen LogP contribution in [0.5, 0.6) is 0 Å². The monoisotopic (exact) mass is 235 g/mol. The van der Waals surface area contributed by atoms with Crippen molar-refractivity contribution in [2.75, 3.05) is 0 Å². The van der Waals surface area contributed by atoms with Crippen LogP contribution in [0.2, 0.25) is 5.02 Å². The minimum Gasteiger partial charge on any atom is -0.481 e. The Bertz CT molecular complexity index is 540. The summed E-state index contributed by atoms with van der Waals surface area (Å²) in [6, 6.07) is 9.19. The number of pyridine rings is 1. The molecule has 4 heteroatoms. The van der Waals surface area contributed by atoms with Gasteiger partial charge in [-0.3, -0.25) is 9.78 Å². The van der Waals surface area contributed by atoms with E-state index in [4.69, 9.17) is 16.7 Å². The van der Waals surface area contributed by atoms with E-state index in [0.717, 1.165) is 16.6 Å². The van der Waals surface area contributed by atoms with Gasteiger partial charge < -0.3 is 5.11 Å². The number of carboxylic acid groups (broad SMARTS) is 1. The molecule has 0 unspecified atom stereocenters. The van der Waals surface area contributed by atoms with E-state index in [9.17, 15) is 4.79 Å². The normalized spacial score (nSPS) is 10.6. The summed E-state index contributed by atoms with van der Waals surface area (Å²) in [5.74, 6) is -0.807. The van der Waals surface area contributed by atoms with Gasteiger partial charge in [-0.05, 0) is 24.3 Å². The van der Waals surface area contributed by atoms with Crippen LogP contribution < -0.4 is 0 Å². The van der Waals surface area contributed by atoms with Crippen molar-refractivity contribution >= 4 is 28.5 Å². The fourth-order valence-electron chi connectivity index (χ4n) is 1.51. The Morgan fingerprint density at radius 1 is 1.31 bits per heavy atom. The van der Waals surface area contributed by atoms with Gasteiger partial charge in [0.05, 0.1) is 11.9 Å². The van der Waals surface area contributed by atoms with E-state index in [-0.39, 0.29) is 6.42 Å². The molecule has 2 rings (SSSR count). The number of aliphatic carboxylic acids is 1. The van der Waals surface area contributed by atoms with Crippen molar-refractivity contribution in [1.29, 1.82) is 0 Å². The molecule has 0 bridgehead atoms. The number of nitrogens with zero attached hydrogens (tertiary/aromatic N) is 1. The number of rotatable bonds is 3. The Balaban J connectivity index is 2.30. The highest BCUT2D eigenvalue weighted by Gasteiger charge is 2.02. The second-order valence-corrected chi connectivity index (χ2v) is 3.97. The first-order valence-corrected chi connectivity index (χ1v) is 5.30. The van der Waals surface area contributed by atoms with E-state index in [1.54, 1.807) is 6.07 Å². The Kier molecular flexibility index (Phi) is 3.06. The van der Waals surface area contributed by atoms with Gasteiger partial charge in [0, 0.05) is 22.5 Å². The molecule has 1 N–H and O–H groups in total. The number of aryl methyl sites for hydroxylation is 1. The van der Waals surface area contributed by atoms with Crippen LogP contribution in [0, 0.1) is 0 Å². The molecule has 0 atom stereocenters. The third-order valence-corrected chi connectivity index (χ3v) is 2.54. The van der Waals surface area contributed by atoms with Crippen molar-refractivity contribution in [3.05, 3.63) is 41.0 Å². The number of fused-ring (bicyclic) bond motifs is 1. The van der Waals surface area contributed by atoms with Gasteiger partial charge in [-0.2, -0.15) is 0 Å². The maximum atomic E-state index is 10.4. The van der Waals surface area contributed by atoms with Crippen molar-refractivity contribution in [2.45, 2.75) is 12.8 Å². The highest BCUT2D eigenvalue weighted by atomic mass is 35.5. The van der Waals surface area contributed by atoms with Crippen LogP contribution in [0.3, 0.4) is 0 Å². The number of carbonyl (C=O) groups is 1. The maximum absolute atomic E-state index is 10.4. The van der Waals surface area contributed by atoms with Crippen molar-refractivity contribution in [3.63, 3.8) is 0 Å². The largest absolute Gasteiger partial charge is 0.481 e. The van der Waals surface area contributed by atoms with Gasteiger partial charge in [0.2, 0.25) is 0 Å². The Hall–Kier alpha value is -1.61. The van der Waals surface area contributed by atoms with Gasteiger partial charge in [0.1, 0.15) is 0 Å². The number of hydrogen-bond acceptors (Lipinski definition) is 2. The molecule has 1 aromatic heterocycles. The summed E-state index contributed by atoms with van der Waals surface area (Å²) in [4.78, 5) is 14.8. The fraction of sp³-hybridized carbons (Fsp3) is 0.167. The van der Waals surface area contributed by atoms with Crippen LogP contribution in [0.25, 0.3) is 10.9 Å². The van der Waals surface area contributed by atoms with E-state index < -0.39 is 5.97 Å². The molecular formula is C12H10ClNO2. The molecule has 82 valence electrons. The highest BCUT2D eigenvalue weighted by molar-refractivity contribution is 6.31. The van der Waals surface area contributed by atoms with Gasteiger partial charge in [-0.15, -0.1) is 0 Å². The smallest absolute Gasteiger partial charge is 0.303 e. The maximum Gasteiger partial charge on any atom is 0.303 e. The molecule has 2 aromatic rings. The quantitative estimate of drug-likeness (QED) is 0.890. The van der Waals surface area contributed by atoms with Gasteiger partial charge in [-0.25, -0.2) is 0 Å². The predicted molar refractivity (Wildman–Crippen MR) is 62.7 cm³/mol. The fourth-order valence-corrected chi connectivity index (χ4v) is 1.69. The second kappa shape index (κ2) is 4.49. The van der Waals surface area contributed by atoms with Crippen LogP contribution in [0.15, 0.2) is 30.3 Å². The molecule has 0 spiro atoms. The minimum absolute atomic E-state index is 0.103. The summed E-state index contributed by atoms with van der Waals surface area (Å²) in [6.45, 7) is 0. The van der Waals surface area contributed by atoms with Crippen molar-refractivity contribution in [3.8, 4) is 0 Å². The summed E-state index contributed by atoms with van der Waals surface area (Å²) in [7, 11) is 0. The van der Waals surface area contributed by atoms with Crippen LogP contribution in [0.4, 0.5) is 0 Å². The van der Waals surface area contributed by atoms with Gasteiger partial charge in [-0.1, -0.05) is 17.7 Å². The van der Waals surface area contributed by atoms with Crippen molar-refractivity contribution in [1.82, 2.24) is 4.98 Å². The van der Waals surface area contributed by atoms with Gasteiger partial charge in [0.15, 0.2) is 0 Å². The topological polar surface area (TPSA) is 50.2 Å². The summed E-state index contributed by atoms with van der Waals surface area (Å²) in [6.07, 6.45) is 0.556. The SMILES string of the molecule is O=C(O)CCc1ccc2cc(Cl)ccc2n1. The van der Waals surface area contributed by atoms with Crippen LogP contribution >= 0.6 is 11.6 Å². The molecule has 1 heterocycles. The number of hydrogen-bond donors (Lipinski definition) is 1. The van der Waals surface area contributed by atoms with Crippen molar-refractivity contribution < 1.29 is 9.90 Å². The number of benzene rings is 1. The number of halogens is 1. The third-order valence-electron chi connectivity index (χ3n) is 2.30. The molecule has 0 saturated carbocycles. The Morgan fingerprint density at radius 2 is 2.12 bits per heavy atom. The predicted octanol–water partition coefficient (Wildman–Crippen LogP) is 2.91. The molecule has 1 aromatic carbocycles. The molecule has 0 aliphatic carbocycles. The van der Waals surface area contributed by atoms with E-state index >= 15 is 0 Å². The molecule has 0 amide bonds. The molecule has 0 aliphatic rings. The third kappa shape index (κ3) is 2.49. The average Bonchev–Trinajstić information content (AvgIpc) is 2.26. The van der Waals surface area contributed by atoms with Gasteiger partial charge >= 0.3 is 5.97 Å². The van der Waals surface area contributed by atoms with E-state index in [1.165, 1.54) is 0 Å². The second-order valence-electron chi connectivity index (χ2n) is 3.53. The lowest BCUT2D eigenvalue weighted by atomic mass is 10.1. The first-order valence-electron chi connectivity index (χ1n) is 4.92. The summed E-state index contributed by atoms with van der Waals surface area (Å²) < 4.78 is 0. The van der Waals surface area contributed by atoms with Crippen LogP contribution in [0.1, 0.15) is 12.1 Å². The molecule has 0 saturated heterocycles. The zero-order valence-electron chi connectivity index (χ0n) is 8.48. The summed E-state index contributed by atoms with van der Waals surface area (Å²) in [5, 5.41) is 10.2. The Morgan fingerprint density at radius 3 is 2.88 bits per heavy atom. The van der Waals surface area contributed by atoms with Gasteiger partial charge in [0.25, 0.3) is 0 Å². The van der Waals surface area contributed by atoms with E-state index in [1.807, 2.05) is 24.3 Å². The summed E-state index contributed by atoms with van der Waals surface area (Å²) >= 11 is 5.86. The molecule has 0 fully saturated rings. The summed E-state index contributed by atoms with van der Waals surface area (Å²) in [5.41, 5.74) is 1.63. The molecule has 0 radical (unpaired) electrons. The molecular weight excluding hydrogens is 226 g/mol. The molecule has 16 heavy (non-hydrogen) atoms. The van der Waals surface area contributed by atoms with Crippen molar-refractivity contribution in [2.24, 2.45) is 0 Å². The van der Waals surface area contributed by atoms with Crippen LogP contribution in [-0.2, 0) is 11.2 Å². The lowest BCUT2D eigenvalue weighted by Gasteiger charge is -2.01. The number of aromatic nitrogens is 1. The first-order chi connectivity index (χ1) is 7.65.